The molecule has 0 radical (unpaired) electrons. The van der Waals surface area contributed by atoms with Crippen molar-refractivity contribution in [3.63, 3.8) is 0 Å². The lowest BCUT2D eigenvalue weighted by Crippen LogP contribution is -2.03. The monoisotopic (exact) mass is 204 g/mol. The molecule has 5 nitrogen and oxygen atoms in total. The number of nitrogens with one attached hydrogen (secondary N) is 1. The van der Waals surface area contributed by atoms with Gasteiger partial charge < -0.3 is 4.98 Å². The third-order valence-electron chi connectivity index (χ3n) is 2.16. The summed E-state index contributed by atoms with van der Waals surface area (Å²) in [6.07, 6.45) is 0. The third kappa shape index (κ3) is 1.59. The van der Waals surface area contributed by atoms with Gasteiger partial charge in [0, 0.05) is 29.3 Å². The molecular weight excluding hydrogens is 196 g/mol. The van der Waals surface area contributed by atoms with E-state index < -0.39 is 4.92 Å². The number of nitrogens with zero attached hydrogens (tertiary/aromatic N) is 1. The smallest absolute Gasteiger partial charge is 0.271 e. The van der Waals surface area contributed by atoms with Crippen LogP contribution >= 0.6 is 0 Å². The van der Waals surface area contributed by atoms with Gasteiger partial charge in [-0.25, -0.2) is 0 Å². The van der Waals surface area contributed by atoms with Crippen molar-refractivity contribution in [3.8, 4) is 0 Å². The lowest BCUT2D eigenvalue weighted by molar-refractivity contribution is -0.384. The fourth-order valence-electron chi connectivity index (χ4n) is 1.49. The highest BCUT2D eigenvalue weighted by molar-refractivity contribution is 5.80. The molecule has 0 saturated carbocycles. The first kappa shape index (κ1) is 9.39. The van der Waals surface area contributed by atoms with E-state index in [4.69, 9.17) is 0 Å². The van der Waals surface area contributed by atoms with Crippen LogP contribution < -0.4 is 5.43 Å². The fraction of sp³-hybridized carbons (Fsp3) is 0.100. The van der Waals surface area contributed by atoms with Gasteiger partial charge in [-0.3, -0.25) is 14.9 Å². The Balaban J connectivity index is 2.82. The molecule has 0 atom stereocenters. The molecule has 0 amide bonds. The second-order valence-electron chi connectivity index (χ2n) is 3.30. The first-order valence-electron chi connectivity index (χ1n) is 4.36. The van der Waals surface area contributed by atoms with Crippen molar-refractivity contribution in [1.29, 1.82) is 0 Å². The van der Waals surface area contributed by atoms with Crippen molar-refractivity contribution in [2.45, 2.75) is 6.92 Å². The Morgan fingerprint density at radius 3 is 2.73 bits per heavy atom. The number of benzene rings is 1. The van der Waals surface area contributed by atoms with E-state index in [9.17, 15) is 14.9 Å². The molecule has 0 aliphatic rings. The first-order valence-corrected chi connectivity index (χ1v) is 4.36. The molecule has 15 heavy (non-hydrogen) atoms. The number of hydrogen-bond acceptors (Lipinski definition) is 3. The maximum Gasteiger partial charge on any atom is 0.271 e. The van der Waals surface area contributed by atoms with Gasteiger partial charge in [-0.15, -0.1) is 0 Å². The summed E-state index contributed by atoms with van der Waals surface area (Å²) in [4.78, 5) is 24.5. The standard InChI is InChI=1S/C10H8N2O3/c1-6-4-10(13)8-3-2-7(12(14)15)5-9(8)11-6/h2-5H,1H3,(H,11,13). The largest absolute Gasteiger partial charge is 0.358 e. The zero-order valence-corrected chi connectivity index (χ0v) is 7.98. The van der Waals surface area contributed by atoms with Crippen molar-refractivity contribution in [1.82, 2.24) is 4.98 Å². The molecule has 0 aliphatic heterocycles. The van der Waals surface area contributed by atoms with E-state index in [2.05, 4.69) is 4.98 Å². The van der Waals surface area contributed by atoms with Gasteiger partial charge >= 0.3 is 0 Å². The van der Waals surface area contributed by atoms with Crippen molar-refractivity contribution >= 4 is 16.6 Å². The topological polar surface area (TPSA) is 76.0 Å². The van der Waals surface area contributed by atoms with Crippen LogP contribution in [0.25, 0.3) is 10.9 Å². The maximum absolute atomic E-state index is 11.5. The van der Waals surface area contributed by atoms with Gasteiger partial charge in [0.15, 0.2) is 5.43 Å². The minimum Gasteiger partial charge on any atom is -0.358 e. The molecule has 1 N–H and O–H groups in total. The van der Waals surface area contributed by atoms with E-state index in [1.54, 1.807) is 6.92 Å². The number of fused-ring (bicyclic) bond motifs is 1. The van der Waals surface area contributed by atoms with Crippen LogP contribution in [0.3, 0.4) is 0 Å². The molecule has 0 saturated heterocycles. The molecule has 0 spiro atoms. The Hall–Kier alpha value is -2.17. The lowest BCUT2D eigenvalue weighted by atomic mass is 10.2. The second kappa shape index (κ2) is 3.20. The molecular formula is C10H8N2O3. The summed E-state index contributed by atoms with van der Waals surface area (Å²) in [6.45, 7) is 1.74. The van der Waals surface area contributed by atoms with Gasteiger partial charge in [-0.05, 0) is 13.0 Å². The number of nitro groups is 1. The molecule has 1 aromatic heterocycles. The average molecular weight is 204 g/mol. The van der Waals surface area contributed by atoms with Gasteiger partial charge in [-0.2, -0.15) is 0 Å². The van der Waals surface area contributed by atoms with Crippen LogP contribution in [0.2, 0.25) is 0 Å². The molecule has 1 heterocycles. The van der Waals surface area contributed by atoms with Gasteiger partial charge in [-0.1, -0.05) is 0 Å². The van der Waals surface area contributed by atoms with Crippen LogP contribution in [0.15, 0.2) is 29.1 Å². The highest BCUT2D eigenvalue weighted by Gasteiger charge is 2.07. The van der Waals surface area contributed by atoms with Gasteiger partial charge in [0.25, 0.3) is 5.69 Å². The number of pyridine rings is 1. The molecule has 2 rings (SSSR count). The number of nitro benzene ring substituents is 1. The Labute approximate surface area is 84.5 Å². The van der Waals surface area contributed by atoms with Gasteiger partial charge in [0.2, 0.25) is 0 Å². The van der Waals surface area contributed by atoms with E-state index in [0.29, 0.717) is 16.6 Å². The van der Waals surface area contributed by atoms with E-state index in [0.717, 1.165) is 0 Å². The minimum atomic E-state index is -0.486. The molecule has 76 valence electrons. The highest BCUT2D eigenvalue weighted by Crippen LogP contribution is 2.16. The van der Waals surface area contributed by atoms with Gasteiger partial charge in [0.1, 0.15) is 0 Å². The van der Waals surface area contributed by atoms with Crippen LogP contribution in [0.5, 0.6) is 0 Å². The molecule has 0 aliphatic carbocycles. The Morgan fingerprint density at radius 2 is 2.07 bits per heavy atom. The fourth-order valence-corrected chi connectivity index (χ4v) is 1.49. The number of hydrogen-bond donors (Lipinski definition) is 1. The number of rotatable bonds is 1. The summed E-state index contributed by atoms with van der Waals surface area (Å²) in [6, 6.07) is 5.62. The van der Waals surface area contributed by atoms with E-state index in [-0.39, 0.29) is 11.1 Å². The van der Waals surface area contributed by atoms with Crippen molar-refractivity contribution in [3.05, 3.63) is 50.3 Å². The Kier molecular flexibility index (Phi) is 2.00. The minimum absolute atomic E-state index is 0.0243. The quantitative estimate of drug-likeness (QED) is 0.567. The van der Waals surface area contributed by atoms with Crippen molar-refractivity contribution in [2.24, 2.45) is 0 Å². The molecule has 2 aromatic rings. The summed E-state index contributed by atoms with van der Waals surface area (Å²) in [5.41, 5.74) is 1.03. The first-order chi connectivity index (χ1) is 7.08. The summed E-state index contributed by atoms with van der Waals surface area (Å²) in [5, 5.41) is 11.0. The second-order valence-corrected chi connectivity index (χ2v) is 3.30. The number of H-pyrrole nitrogens is 1. The van der Waals surface area contributed by atoms with Crippen LogP contribution in [0, 0.1) is 17.0 Å². The molecule has 0 bridgehead atoms. The predicted molar refractivity (Wildman–Crippen MR) is 56.0 cm³/mol. The summed E-state index contributed by atoms with van der Waals surface area (Å²) >= 11 is 0. The molecule has 1 aromatic carbocycles. The van der Waals surface area contributed by atoms with Gasteiger partial charge in [0.05, 0.1) is 10.4 Å². The van der Waals surface area contributed by atoms with Crippen LogP contribution in [0.4, 0.5) is 5.69 Å². The van der Waals surface area contributed by atoms with E-state index in [1.807, 2.05) is 0 Å². The van der Waals surface area contributed by atoms with Crippen LogP contribution in [-0.2, 0) is 0 Å². The lowest BCUT2D eigenvalue weighted by Gasteiger charge is -1.99. The highest BCUT2D eigenvalue weighted by atomic mass is 16.6. The number of aromatic nitrogens is 1. The normalized spacial score (nSPS) is 10.5. The third-order valence-corrected chi connectivity index (χ3v) is 2.16. The number of non-ortho nitro benzene ring substituents is 1. The zero-order chi connectivity index (χ0) is 11.0. The van der Waals surface area contributed by atoms with E-state index in [1.165, 1.54) is 24.3 Å². The molecule has 5 heteroatoms. The molecule has 0 unspecified atom stereocenters. The number of aromatic amines is 1. The predicted octanol–water partition coefficient (Wildman–Crippen LogP) is 1.74. The summed E-state index contributed by atoms with van der Waals surface area (Å²) < 4.78 is 0. The summed E-state index contributed by atoms with van der Waals surface area (Å²) in [7, 11) is 0. The number of aryl methyl sites for hydroxylation is 1. The Bertz CT molecular complexity index is 601. The van der Waals surface area contributed by atoms with Crippen LogP contribution in [0.1, 0.15) is 5.69 Å². The maximum atomic E-state index is 11.5. The Morgan fingerprint density at radius 1 is 1.33 bits per heavy atom. The van der Waals surface area contributed by atoms with Crippen molar-refractivity contribution < 1.29 is 4.92 Å². The van der Waals surface area contributed by atoms with Crippen molar-refractivity contribution in [2.75, 3.05) is 0 Å². The van der Waals surface area contributed by atoms with Crippen LogP contribution in [-0.4, -0.2) is 9.91 Å². The molecule has 0 fully saturated rings. The summed E-state index contributed by atoms with van der Waals surface area (Å²) in [5.74, 6) is 0. The average Bonchev–Trinajstić information content (AvgIpc) is 2.16. The van der Waals surface area contributed by atoms with E-state index >= 15 is 0 Å². The zero-order valence-electron chi connectivity index (χ0n) is 7.98. The SMILES string of the molecule is Cc1cc(=O)c2ccc([N+](=O)[O-])cc2[nH]1.